The zero-order valence-corrected chi connectivity index (χ0v) is 9.26. The molecule has 0 radical (unpaired) electrons. The Morgan fingerprint density at radius 1 is 1.19 bits per heavy atom. The highest BCUT2D eigenvalue weighted by Gasteiger charge is 1.97. The number of H-pyrrole nitrogens is 1. The summed E-state index contributed by atoms with van der Waals surface area (Å²) in [6.07, 6.45) is 1.63. The van der Waals surface area contributed by atoms with Crippen LogP contribution in [0.1, 0.15) is 5.56 Å². The Bertz CT molecular complexity index is 521. The Kier molecular flexibility index (Phi) is 3.41. The third-order valence-electron chi connectivity index (χ3n) is 2.06. The first-order valence-corrected chi connectivity index (χ1v) is 5.78. The standard InChI is InChI=1S/C12H10FNOS/c13-10-1-3-11(4-2-10)16-8-9-5-6-14-12(15)7-9/h1-7H,8H2,(H,14,15). The highest BCUT2D eigenvalue weighted by Crippen LogP contribution is 2.21. The molecule has 0 aliphatic rings. The molecule has 2 rings (SSSR count). The summed E-state index contributed by atoms with van der Waals surface area (Å²) >= 11 is 1.57. The van der Waals surface area contributed by atoms with Crippen LogP contribution in [-0.4, -0.2) is 4.98 Å². The van der Waals surface area contributed by atoms with E-state index in [9.17, 15) is 9.18 Å². The number of thioether (sulfide) groups is 1. The lowest BCUT2D eigenvalue weighted by atomic mass is 10.3. The predicted octanol–water partition coefficient (Wildman–Crippen LogP) is 2.81. The van der Waals surface area contributed by atoms with Gasteiger partial charge in [-0.1, -0.05) is 0 Å². The average molecular weight is 235 g/mol. The molecule has 1 heterocycles. The maximum Gasteiger partial charge on any atom is 0.248 e. The van der Waals surface area contributed by atoms with E-state index in [1.807, 2.05) is 6.07 Å². The van der Waals surface area contributed by atoms with Crippen LogP contribution in [0.3, 0.4) is 0 Å². The zero-order chi connectivity index (χ0) is 11.4. The Morgan fingerprint density at radius 2 is 1.94 bits per heavy atom. The molecule has 1 aromatic heterocycles. The van der Waals surface area contributed by atoms with Crippen molar-refractivity contribution in [2.24, 2.45) is 0 Å². The molecule has 2 nitrogen and oxygen atoms in total. The van der Waals surface area contributed by atoms with Gasteiger partial charge in [-0.2, -0.15) is 0 Å². The van der Waals surface area contributed by atoms with E-state index in [4.69, 9.17) is 0 Å². The lowest BCUT2D eigenvalue weighted by Crippen LogP contribution is -2.03. The number of halogens is 1. The Hall–Kier alpha value is -1.55. The highest BCUT2D eigenvalue weighted by atomic mass is 32.2. The molecule has 0 saturated heterocycles. The second kappa shape index (κ2) is 4.99. The van der Waals surface area contributed by atoms with Crippen molar-refractivity contribution >= 4 is 11.8 Å². The second-order valence-electron chi connectivity index (χ2n) is 3.30. The van der Waals surface area contributed by atoms with Gasteiger partial charge in [0.1, 0.15) is 5.82 Å². The van der Waals surface area contributed by atoms with Crippen molar-refractivity contribution < 1.29 is 4.39 Å². The number of aromatic nitrogens is 1. The van der Waals surface area contributed by atoms with E-state index in [1.54, 1.807) is 36.2 Å². The summed E-state index contributed by atoms with van der Waals surface area (Å²) in [7, 11) is 0. The van der Waals surface area contributed by atoms with Gasteiger partial charge in [0.2, 0.25) is 5.56 Å². The van der Waals surface area contributed by atoms with Gasteiger partial charge >= 0.3 is 0 Å². The van der Waals surface area contributed by atoms with Crippen LogP contribution in [0.2, 0.25) is 0 Å². The number of aromatic amines is 1. The molecule has 82 valence electrons. The smallest absolute Gasteiger partial charge is 0.248 e. The van der Waals surface area contributed by atoms with Crippen LogP contribution < -0.4 is 5.56 Å². The summed E-state index contributed by atoms with van der Waals surface area (Å²) in [5.74, 6) is 0.468. The minimum absolute atomic E-state index is 0.0998. The van der Waals surface area contributed by atoms with E-state index in [-0.39, 0.29) is 11.4 Å². The molecule has 0 unspecified atom stereocenters. The van der Waals surface area contributed by atoms with Crippen LogP contribution in [0.4, 0.5) is 4.39 Å². The molecule has 0 aliphatic carbocycles. The monoisotopic (exact) mass is 235 g/mol. The molecule has 0 spiro atoms. The van der Waals surface area contributed by atoms with Crippen molar-refractivity contribution in [3.63, 3.8) is 0 Å². The fourth-order valence-corrected chi connectivity index (χ4v) is 2.12. The highest BCUT2D eigenvalue weighted by molar-refractivity contribution is 7.98. The maximum absolute atomic E-state index is 12.6. The molecule has 0 bridgehead atoms. The van der Waals surface area contributed by atoms with Crippen LogP contribution in [-0.2, 0) is 5.75 Å². The van der Waals surface area contributed by atoms with Crippen LogP contribution in [0.15, 0.2) is 52.3 Å². The van der Waals surface area contributed by atoms with Crippen molar-refractivity contribution in [1.29, 1.82) is 0 Å². The van der Waals surface area contributed by atoms with Gasteiger partial charge in [0.25, 0.3) is 0 Å². The Labute approximate surface area is 96.5 Å². The molecule has 4 heteroatoms. The second-order valence-corrected chi connectivity index (χ2v) is 4.35. The van der Waals surface area contributed by atoms with Gasteiger partial charge in [-0.25, -0.2) is 4.39 Å². The summed E-state index contributed by atoms with van der Waals surface area (Å²) < 4.78 is 12.6. The summed E-state index contributed by atoms with van der Waals surface area (Å²) in [5.41, 5.74) is 0.857. The van der Waals surface area contributed by atoms with Gasteiger partial charge in [0.05, 0.1) is 0 Å². The molecular weight excluding hydrogens is 225 g/mol. The molecular formula is C12H10FNOS. The van der Waals surface area contributed by atoms with Crippen LogP contribution in [0, 0.1) is 5.82 Å². The third kappa shape index (κ3) is 2.97. The summed E-state index contributed by atoms with van der Waals surface area (Å²) in [5, 5.41) is 0. The predicted molar refractivity (Wildman–Crippen MR) is 63.0 cm³/mol. The Morgan fingerprint density at radius 3 is 2.62 bits per heavy atom. The van der Waals surface area contributed by atoms with E-state index in [1.165, 1.54) is 12.1 Å². The van der Waals surface area contributed by atoms with Crippen molar-refractivity contribution in [2.45, 2.75) is 10.6 Å². The number of hydrogen-bond donors (Lipinski definition) is 1. The minimum Gasteiger partial charge on any atom is -0.329 e. The van der Waals surface area contributed by atoms with Crippen molar-refractivity contribution in [3.8, 4) is 0 Å². The van der Waals surface area contributed by atoms with Gasteiger partial charge < -0.3 is 4.98 Å². The first-order valence-electron chi connectivity index (χ1n) is 4.80. The maximum atomic E-state index is 12.6. The quantitative estimate of drug-likeness (QED) is 0.830. The molecule has 0 aliphatic heterocycles. The molecule has 0 amide bonds. The van der Waals surface area contributed by atoms with Crippen LogP contribution in [0.25, 0.3) is 0 Å². The number of hydrogen-bond acceptors (Lipinski definition) is 2. The minimum atomic E-state index is -0.236. The number of rotatable bonds is 3. The first-order chi connectivity index (χ1) is 7.74. The van der Waals surface area contributed by atoms with Crippen molar-refractivity contribution in [2.75, 3.05) is 0 Å². The summed E-state index contributed by atoms with van der Waals surface area (Å²) in [4.78, 5) is 14.6. The normalized spacial score (nSPS) is 10.3. The van der Waals surface area contributed by atoms with Crippen molar-refractivity contribution in [3.05, 3.63) is 64.3 Å². The number of pyridine rings is 1. The largest absolute Gasteiger partial charge is 0.329 e. The number of nitrogens with one attached hydrogen (secondary N) is 1. The molecule has 1 N–H and O–H groups in total. The third-order valence-corrected chi connectivity index (χ3v) is 3.14. The topological polar surface area (TPSA) is 32.9 Å². The summed E-state index contributed by atoms with van der Waals surface area (Å²) in [6, 6.07) is 9.75. The van der Waals surface area contributed by atoms with E-state index in [0.29, 0.717) is 5.75 Å². The van der Waals surface area contributed by atoms with E-state index >= 15 is 0 Å². The Balaban J connectivity index is 2.02. The zero-order valence-electron chi connectivity index (χ0n) is 8.44. The lowest BCUT2D eigenvalue weighted by Gasteiger charge is -2.01. The van der Waals surface area contributed by atoms with Gasteiger partial charge in [-0.05, 0) is 35.9 Å². The van der Waals surface area contributed by atoms with Crippen molar-refractivity contribution in [1.82, 2.24) is 4.98 Å². The average Bonchev–Trinajstić information content (AvgIpc) is 2.28. The molecule has 16 heavy (non-hydrogen) atoms. The fourth-order valence-electron chi connectivity index (χ4n) is 1.28. The van der Waals surface area contributed by atoms with Crippen LogP contribution in [0.5, 0.6) is 0 Å². The molecule has 2 aromatic rings. The summed E-state index contributed by atoms with van der Waals surface area (Å²) in [6.45, 7) is 0. The first kappa shape index (κ1) is 11.0. The lowest BCUT2D eigenvalue weighted by molar-refractivity contribution is 0.626. The molecule has 1 aromatic carbocycles. The van der Waals surface area contributed by atoms with Gasteiger partial charge in [0.15, 0.2) is 0 Å². The molecule has 0 fully saturated rings. The molecule has 0 saturated carbocycles. The van der Waals surface area contributed by atoms with Crippen LogP contribution >= 0.6 is 11.8 Å². The van der Waals surface area contributed by atoms with Gasteiger partial charge in [-0.15, -0.1) is 11.8 Å². The SMILES string of the molecule is O=c1cc(CSc2ccc(F)cc2)cc[nH]1. The fraction of sp³-hybridized carbons (Fsp3) is 0.0833. The van der Waals surface area contributed by atoms with E-state index in [0.717, 1.165) is 10.5 Å². The molecule has 0 atom stereocenters. The van der Waals surface area contributed by atoms with Gasteiger partial charge in [0, 0.05) is 22.9 Å². The van der Waals surface area contributed by atoms with E-state index < -0.39 is 0 Å². The van der Waals surface area contributed by atoms with Gasteiger partial charge in [-0.3, -0.25) is 4.79 Å². The number of benzene rings is 1. The van der Waals surface area contributed by atoms with E-state index in [2.05, 4.69) is 4.98 Å².